The molecule has 8 nitrogen and oxygen atoms in total. The zero-order valence-electron chi connectivity index (χ0n) is 19.8. The highest BCUT2D eigenvalue weighted by atomic mass is 32.2. The number of methoxy groups -OCH3 is 1. The second-order valence-electron chi connectivity index (χ2n) is 7.97. The topological polar surface area (TPSA) is 96.0 Å². The molecule has 2 aromatic carbocycles. The van der Waals surface area contributed by atoms with Gasteiger partial charge in [-0.2, -0.15) is 0 Å². The third-order valence-corrected chi connectivity index (χ3v) is 6.54. The zero-order valence-corrected chi connectivity index (χ0v) is 20.6. The van der Waals surface area contributed by atoms with Gasteiger partial charge in [0.1, 0.15) is 18.3 Å². The van der Waals surface area contributed by atoms with E-state index in [2.05, 4.69) is 5.32 Å². The van der Waals surface area contributed by atoms with E-state index in [1.54, 1.807) is 56.5 Å². The van der Waals surface area contributed by atoms with Crippen molar-refractivity contribution in [3.63, 3.8) is 0 Å². The van der Waals surface area contributed by atoms with E-state index in [4.69, 9.17) is 4.74 Å². The molecule has 0 aliphatic heterocycles. The monoisotopic (exact) mass is 475 g/mol. The van der Waals surface area contributed by atoms with Gasteiger partial charge in [-0.3, -0.25) is 13.9 Å². The molecule has 0 aromatic heterocycles. The van der Waals surface area contributed by atoms with Crippen molar-refractivity contribution in [1.82, 2.24) is 10.2 Å². The number of nitrogens with one attached hydrogen (secondary N) is 1. The fourth-order valence-electron chi connectivity index (χ4n) is 3.18. The number of amides is 2. The van der Waals surface area contributed by atoms with E-state index >= 15 is 0 Å². The summed E-state index contributed by atoms with van der Waals surface area (Å²) in [4.78, 5) is 27.7. The lowest BCUT2D eigenvalue weighted by molar-refractivity contribution is -0.139. The number of carbonyl (C=O) groups excluding carboxylic acids is 2. The summed E-state index contributed by atoms with van der Waals surface area (Å²) in [6.45, 7) is 5.22. The molecule has 2 rings (SSSR count). The van der Waals surface area contributed by atoms with Crippen LogP contribution in [-0.4, -0.2) is 57.1 Å². The van der Waals surface area contributed by atoms with Crippen LogP contribution in [-0.2, 0) is 26.2 Å². The lowest BCUT2D eigenvalue weighted by Gasteiger charge is -2.32. The Balaban J connectivity index is 2.35. The van der Waals surface area contributed by atoms with Crippen molar-refractivity contribution >= 4 is 27.5 Å². The molecule has 0 saturated heterocycles. The summed E-state index contributed by atoms with van der Waals surface area (Å²) in [6, 6.07) is 14.7. The molecule has 0 bridgehead atoms. The molecular formula is C24H33N3O5S. The van der Waals surface area contributed by atoms with Gasteiger partial charge in [0.15, 0.2) is 0 Å². The maximum absolute atomic E-state index is 13.4. The first-order valence-electron chi connectivity index (χ1n) is 10.8. The lowest BCUT2D eigenvalue weighted by Crippen LogP contribution is -2.52. The summed E-state index contributed by atoms with van der Waals surface area (Å²) >= 11 is 0. The number of carbonyl (C=O) groups is 2. The van der Waals surface area contributed by atoms with E-state index in [0.29, 0.717) is 11.4 Å². The van der Waals surface area contributed by atoms with Gasteiger partial charge in [-0.25, -0.2) is 8.42 Å². The van der Waals surface area contributed by atoms with Gasteiger partial charge in [0, 0.05) is 12.6 Å². The van der Waals surface area contributed by atoms with Crippen molar-refractivity contribution in [2.24, 2.45) is 0 Å². The van der Waals surface area contributed by atoms with Crippen LogP contribution >= 0.6 is 0 Å². The molecule has 0 heterocycles. The number of para-hydroxylation sites is 1. The minimum Gasteiger partial charge on any atom is -0.497 e. The minimum absolute atomic E-state index is 0.0466. The van der Waals surface area contributed by atoms with Crippen molar-refractivity contribution in [2.75, 3.05) is 24.2 Å². The molecule has 2 aromatic rings. The van der Waals surface area contributed by atoms with Crippen LogP contribution in [0.4, 0.5) is 5.69 Å². The largest absolute Gasteiger partial charge is 0.497 e. The zero-order chi connectivity index (χ0) is 24.6. The number of hydrogen-bond acceptors (Lipinski definition) is 5. The van der Waals surface area contributed by atoms with Crippen LogP contribution in [0.25, 0.3) is 0 Å². The normalized spacial score (nSPS) is 13.0. The second-order valence-corrected chi connectivity index (χ2v) is 9.88. The number of nitrogens with zero attached hydrogens (tertiary/aromatic N) is 2. The molecule has 0 saturated carbocycles. The van der Waals surface area contributed by atoms with Gasteiger partial charge < -0.3 is 15.0 Å². The molecule has 0 radical (unpaired) electrons. The molecule has 1 N–H and O–H groups in total. The van der Waals surface area contributed by atoms with E-state index in [0.717, 1.165) is 22.5 Å². The fourth-order valence-corrected chi connectivity index (χ4v) is 4.03. The Morgan fingerprint density at radius 2 is 1.64 bits per heavy atom. The SMILES string of the molecule is CC[C@H](C)NC(=O)[C@H](C)N(Cc1ccc(OC)cc1)C(=O)CN(c1ccccc1)S(C)(=O)=O. The summed E-state index contributed by atoms with van der Waals surface area (Å²) in [7, 11) is -2.16. The Kier molecular flexibility index (Phi) is 9.28. The van der Waals surface area contributed by atoms with E-state index in [1.165, 1.54) is 4.90 Å². The van der Waals surface area contributed by atoms with Crippen molar-refractivity contribution in [3.8, 4) is 5.75 Å². The Bertz CT molecular complexity index is 1030. The molecular weight excluding hydrogens is 442 g/mol. The number of anilines is 1. The number of rotatable bonds is 11. The summed E-state index contributed by atoms with van der Waals surface area (Å²) in [5, 5.41) is 2.90. The highest BCUT2D eigenvalue weighted by molar-refractivity contribution is 7.92. The van der Waals surface area contributed by atoms with Crippen LogP contribution < -0.4 is 14.4 Å². The first-order chi connectivity index (χ1) is 15.6. The molecule has 180 valence electrons. The average molecular weight is 476 g/mol. The first kappa shape index (κ1) is 26.2. The van der Waals surface area contributed by atoms with E-state index in [-0.39, 0.29) is 18.5 Å². The summed E-state index contributed by atoms with van der Waals surface area (Å²) in [5.74, 6) is -0.102. The molecule has 0 spiro atoms. The Morgan fingerprint density at radius 3 is 2.15 bits per heavy atom. The Hall–Kier alpha value is -3.07. The van der Waals surface area contributed by atoms with E-state index in [1.807, 2.05) is 26.0 Å². The number of hydrogen-bond donors (Lipinski definition) is 1. The van der Waals surface area contributed by atoms with Crippen LogP contribution in [0.1, 0.15) is 32.8 Å². The fraction of sp³-hybridized carbons (Fsp3) is 0.417. The molecule has 2 atom stereocenters. The molecule has 0 aliphatic carbocycles. The first-order valence-corrected chi connectivity index (χ1v) is 12.7. The lowest BCUT2D eigenvalue weighted by atomic mass is 10.1. The summed E-state index contributed by atoms with van der Waals surface area (Å²) in [6.07, 6.45) is 1.81. The summed E-state index contributed by atoms with van der Waals surface area (Å²) in [5.41, 5.74) is 1.17. The quantitative estimate of drug-likeness (QED) is 0.539. The molecule has 33 heavy (non-hydrogen) atoms. The number of sulfonamides is 1. The number of ether oxygens (including phenoxy) is 1. The molecule has 9 heteroatoms. The molecule has 0 unspecified atom stereocenters. The predicted molar refractivity (Wildman–Crippen MR) is 130 cm³/mol. The minimum atomic E-state index is -3.73. The van der Waals surface area contributed by atoms with Crippen LogP contribution in [0.2, 0.25) is 0 Å². The van der Waals surface area contributed by atoms with E-state index < -0.39 is 28.5 Å². The highest BCUT2D eigenvalue weighted by Crippen LogP contribution is 2.19. The highest BCUT2D eigenvalue weighted by Gasteiger charge is 2.30. The molecule has 0 aliphatic rings. The number of benzene rings is 2. The van der Waals surface area contributed by atoms with Gasteiger partial charge in [0.2, 0.25) is 21.8 Å². The van der Waals surface area contributed by atoms with E-state index in [9.17, 15) is 18.0 Å². The average Bonchev–Trinajstić information content (AvgIpc) is 2.80. The Morgan fingerprint density at radius 1 is 1.03 bits per heavy atom. The van der Waals surface area contributed by atoms with Crippen molar-refractivity contribution in [1.29, 1.82) is 0 Å². The smallest absolute Gasteiger partial charge is 0.244 e. The van der Waals surface area contributed by atoms with Gasteiger partial charge in [-0.1, -0.05) is 37.3 Å². The molecule has 0 fully saturated rings. The van der Waals surface area contributed by atoms with Gasteiger partial charge in [-0.15, -0.1) is 0 Å². The van der Waals surface area contributed by atoms with Crippen molar-refractivity contribution < 1.29 is 22.7 Å². The van der Waals surface area contributed by atoms with Gasteiger partial charge in [0.25, 0.3) is 0 Å². The van der Waals surface area contributed by atoms with Gasteiger partial charge >= 0.3 is 0 Å². The third-order valence-electron chi connectivity index (χ3n) is 5.40. The van der Waals surface area contributed by atoms with Crippen LogP contribution in [0.15, 0.2) is 54.6 Å². The van der Waals surface area contributed by atoms with Crippen molar-refractivity contribution in [3.05, 3.63) is 60.2 Å². The maximum Gasteiger partial charge on any atom is 0.244 e. The second kappa shape index (κ2) is 11.7. The maximum atomic E-state index is 13.4. The van der Waals surface area contributed by atoms with Crippen LogP contribution in [0.3, 0.4) is 0 Å². The predicted octanol–water partition coefficient (Wildman–Crippen LogP) is 2.79. The standard InChI is InChI=1S/C24H33N3O5S/c1-6-18(2)25-24(29)19(3)26(16-20-12-14-22(32-4)15-13-20)23(28)17-27(33(5,30)31)21-10-8-7-9-11-21/h7-15,18-19H,6,16-17H2,1-5H3,(H,25,29)/t18-,19-/m0/s1. The van der Waals surface area contributed by atoms with Gasteiger partial charge in [0.05, 0.1) is 19.1 Å². The van der Waals surface area contributed by atoms with Gasteiger partial charge in [-0.05, 0) is 50.1 Å². The van der Waals surface area contributed by atoms with Crippen molar-refractivity contribution in [2.45, 2.75) is 45.8 Å². The molecule has 2 amide bonds. The Labute approximate surface area is 196 Å². The third kappa shape index (κ3) is 7.49. The van der Waals surface area contributed by atoms with Crippen LogP contribution in [0, 0.1) is 0 Å². The summed E-state index contributed by atoms with van der Waals surface area (Å²) < 4.78 is 31.2. The van der Waals surface area contributed by atoms with Crippen LogP contribution in [0.5, 0.6) is 5.75 Å².